The molecule has 3 nitrogen and oxygen atoms in total. The van der Waals surface area contributed by atoms with Crippen molar-refractivity contribution >= 4 is 27.6 Å². The van der Waals surface area contributed by atoms with Gasteiger partial charge in [0.2, 0.25) is 0 Å². The minimum absolute atomic E-state index is 0.747. The minimum Gasteiger partial charge on any atom is -0.366 e. The van der Waals surface area contributed by atoms with E-state index in [0.29, 0.717) is 0 Å². The van der Waals surface area contributed by atoms with E-state index in [1.54, 1.807) is 6.20 Å². The van der Waals surface area contributed by atoms with Crippen molar-refractivity contribution in [1.29, 1.82) is 0 Å². The standard InChI is InChI=1S/C10H14BrN3/c1-7-5-10(12-6-9(7)11)13-8(2)14(3)4/h5-6H,1-4H3. The van der Waals surface area contributed by atoms with Crippen LogP contribution in [0.2, 0.25) is 0 Å². The minimum atomic E-state index is 0.747. The van der Waals surface area contributed by atoms with E-state index in [9.17, 15) is 0 Å². The molecule has 0 atom stereocenters. The Morgan fingerprint density at radius 2 is 2.14 bits per heavy atom. The predicted molar refractivity (Wildman–Crippen MR) is 63.1 cm³/mol. The lowest BCUT2D eigenvalue weighted by atomic mass is 10.3. The van der Waals surface area contributed by atoms with Crippen molar-refractivity contribution in [1.82, 2.24) is 9.88 Å². The number of aromatic nitrogens is 1. The van der Waals surface area contributed by atoms with Crippen molar-refractivity contribution in [2.24, 2.45) is 4.99 Å². The van der Waals surface area contributed by atoms with E-state index in [1.165, 1.54) is 0 Å². The lowest BCUT2D eigenvalue weighted by molar-refractivity contribution is 0.618. The average Bonchev–Trinajstić information content (AvgIpc) is 2.11. The first-order valence-electron chi connectivity index (χ1n) is 4.35. The fraction of sp³-hybridized carbons (Fsp3) is 0.400. The number of amidine groups is 1. The van der Waals surface area contributed by atoms with Gasteiger partial charge in [0, 0.05) is 24.8 Å². The molecule has 0 aliphatic carbocycles. The SMILES string of the molecule is CC(=Nc1cc(C)c(Br)cn1)N(C)C. The molecule has 0 spiro atoms. The van der Waals surface area contributed by atoms with Crippen LogP contribution in [0.5, 0.6) is 0 Å². The van der Waals surface area contributed by atoms with E-state index in [0.717, 1.165) is 21.7 Å². The maximum Gasteiger partial charge on any atom is 0.154 e. The maximum atomic E-state index is 4.37. The Hall–Kier alpha value is -0.900. The van der Waals surface area contributed by atoms with Crippen molar-refractivity contribution in [3.05, 3.63) is 22.3 Å². The summed E-state index contributed by atoms with van der Waals surface area (Å²) in [5.74, 6) is 1.69. The van der Waals surface area contributed by atoms with Crippen molar-refractivity contribution in [3.63, 3.8) is 0 Å². The number of pyridine rings is 1. The van der Waals surface area contributed by atoms with Gasteiger partial charge >= 0.3 is 0 Å². The first kappa shape index (κ1) is 11.2. The second-order valence-electron chi connectivity index (χ2n) is 3.35. The number of hydrogen-bond donors (Lipinski definition) is 0. The Kier molecular flexibility index (Phi) is 3.63. The molecule has 1 aromatic rings. The highest BCUT2D eigenvalue weighted by Crippen LogP contribution is 2.19. The molecule has 0 amide bonds. The van der Waals surface area contributed by atoms with Gasteiger partial charge in [-0.05, 0) is 41.4 Å². The lowest BCUT2D eigenvalue weighted by Gasteiger charge is -2.10. The van der Waals surface area contributed by atoms with Gasteiger partial charge in [-0.25, -0.2) is 9.98 Å². The van der Waals surface area contributed by atoms with Gasteiger partial charge in [0.15, 0.2) is 5.82 Å². The highest BCUT2D eigenvalue weighted by atomic mass is 79.9. The van der Waals surface area contributed by atoms with E-state index < -0.39 is 0 Å². The number of nitrogens with zero attached hydrogens (tertiary/aromatic N) is 3. The third-order valence-corrected chi connectivity index (χ3v) is 2.79. The molecule has 0 aliphatic rings. The summed E-state index contributed by atoms with van der Waals surface area (Å²) in [4.78, 5) is 10.5. The van der Waals surface area contributed by atoms with Gasteiger partial charge in [0.05, 0.1) is 0 Å². The summed E-state index contributed by atoms with van der Waals surface area (Å²) in [5.41, 5.74) is 1.14. The maximum absolute atomic E-state index is 4.37. The molecule has 0 aromatic carbocycles. The normalized spacial score (nSPS) is 11.6. The molecule has 0 saturated heterocycles. The van der Waals surface area contributed by atoms with Crippen LogP contribution in [0, 0.1) is 6.92 Å². The summed E-state index contributed by atoms with van der Waals surface area (Å²) in [6.45, 7) is 3.98. The molecule has 4 heteroatoms. The Labute approximate surface area is 93.0 Å². The van der Waals surface area contributed by atoms with E-state index in [1.807, 2.05) is 38.9 Å². The molecule has 14 heavy (non-hydrogen) atoms. The number of rotatable bonds is 1. The zero-order valence-corrected chi connectivity index (χ0v) is 10.5. The van der Waals surface area contributed by atoms with Crippen molar-refractivity contribution in [3.8, 4) is 0 Å². The van der Waals surface area contributed by atoms with Gasteiger partial charge in [-0.3, -0.25) is 0 Å². The van der Waals surface area contributed by atoms with Crippen LogP contribution in [0.1, 0.15) is 12.5 Å². The first-order chi connectivity index (χ1) is 6.50. The van der Waals surface area contributed by atoms with Crippen molar-refractivity contribution in [2.45, 2.75) is 13.8 Å². The number of hydrogen-bond acceptors (Lipinski definition) is 2. The molecular formula is C10H14BrN3. The van der Waals surface area contributed by atoms with Crippen molar-refractivity contribution in [2.75, 3.05) is 14.1 Å². The topological polar surface area (TPSA) is 28.5 Å². The van der Waals surface area contributed by atoms with Crippen LogP contribution >= 0.6 is 15.9 Å². The van der Waals surface area contributed by atoms with E-state index in [2.05, 4.69) is 25.9 Å². The largest absolute Gasteiger partial charge is 0.366 e. The third-order valence-electron chi connectivity index (χ3n) is 1.96. The number of aliphatic imine (C=N–C) groups is 1. The predicted octanol–water partition coefficient (Wildman–Crippen LogP) is 2.76. The Balaban J connectivity index is 2.98. The highest BCUT2D eigenvalue weighted by molar-refractivity contribution is 9.10. The quantitative estimate of drug-likeness (QED) is 0.571. The smallest absolute Gasteiger partial charge is 0.154 e. The van der Waals surface area contributed by atoms with Crippen LogP contribution < -0.4 is 0 Å². The van der Waals surface area contributed by atoms with E-state index >= 15 is 0 Å². The molecule has 0 unspecified atom stereocenters. The van der Waals surface area contributed by atoms with Gasteiger partial charge in [-0.15, -0.1) is 0 Å². The molecule has 1 heterocycles. The summed E-state index contributed by atoms with van der Waals surface area (Å²) < 4.78 is 1.01. The molecule has 76 valence electrons. The summed E-state index contributed by atoms with van der Waals surface area (Å²) >= 11 is 3.40. The summed E-state index contributed by atoms with van der Waals surface area (Å²) in [6.07, 6.45) is 1.77. The summed E-state index contributed by atoms with van der Waals surface area (Å²) in [6, 6.07) is 1.96. The molecule has 0 saturated carbocycles. The van der Waals surface area contributed by atoms with Crippen LogP contribution in [0.3, 0.4) is 0 Å². The van der Waals surface area contributed by atoms with Crippen LogP contribution in [-0.2, 0) is 0 Å². The van der Waals surface area contributed by atoms with Gasteiger partial charge < -0.3 is 4.90 Å². The molecule has 0 fully saturated rings. The zero-order chi connectivity index (χ0) is 10.7. The van der Waals surface area contributed by atoms with Crippen LogP contribution in [0.25, 0.3) is 0 Å². The van der Waals surface area contributed by atoms with Gasteiger partial charge in [-0.2, -0.15) is 0 Å². The lowest BCUT2D eigenvalue weighted by Crippen LogP contribution is -2.17. The fourth-order valence-electron chi connectivity index (χ4n) is 0.851. The second kappa shape index (κ2) is 4.55. The molecule has 1 aromatic heterocycles. The van der Waals surface area contributed by atoms with Crippen LogP contribution in [0.15, 0.2) is 21.7 Å². The van der Waals surface area contributed by atoms with Gasteiger partial charge in [0.25, 0.3) is 0 Å². The first-order valence-corrected chi connectivity index (χ1v) is 5.15. The summed E-state index contributed by atoms with van der Waals surface area (Å²) in [7, 11) is 3.93. The van der Waals surface area contributed by atoms with Crippen LogP contribution in [-0.4, -0.2) is 29.8 Å². The average molecular weight is 256 g/mol. The second-order valence-corrected chi connectivity index (χ2v) is 4.20. The molecule has 0 N–H and O–H groups in total. The van der Waals surface area contributed by atoms with E-state index in [-0.39, 0.29) is 0 Å². The third kappa shape index (κ3) is 2.80. The fourth-order valence-corrected chi connectivity index (χ4v) is 1.07. The van der Waals surface area contributed by atoms with Crippen molar-refractivity contribution < 1.29 is 0 Å². The van der Waals surface area contributed by atoms with Crippen LogP contribution in [0.4, 0.5) is 5.82 Å². The number of aryl methyl sites for hydroxylation is 1. The molecule has 1 rings (SSSR count). The Morgan fingerprint density at radius 3 is 2.64 bits per heavy atom. The van der Waals surface area contributed by atoms with Gasteiger partial charge in [0.1, 0.15) is 5.84 Å². The molecule has 0 radical (unpaired) electrons. The number of halogens is 1. The highest BCUT2D eigenvalue weighted by Gasteiger charge is 1.99. The molecule has 0 bridgehead atoms. The Bertz CT molecular complexity index is 358. The summed E-state index contributed by atoms with van der Waals surface area (Å²) in [5, 5.41) is 0. The van der Waals surface area contributed by atoms with Gasteiger partial charge in [-0.1, -0.05) is 0 Å². The Morgan fingerprint density at radius 1 is 1.50 bits per heavy atom. The zero-order valence-electron chi connectivity index (χ0n) is 8.87. The molecular weight excluding hydrogens is 242 g/mol. The molecule has 0 aliphatic heterocycles. The van der Waals surface area contributed by atoms with E-state index in [4.69, 9.17) is 0 Å². The monoisotopic (exact) mass is 255 g/mol.